The second-order valence-corrected chi connectivity index (χ2v) is 5.54. The van der Waals surface area contributed by atoms with Gasteiger partial charge in [-0.25, -0.2) is 4.39 Å². The van der Waals surface area contributed by atoms with E-state index in [0.717, 1.165) is 32.8 Å². The van der Waals surface area contributed by atoms with Crippen molar-refractivity contribution in [3.8, 4) is 0 Å². The zero-order chi connectivity index (χ0) is 14.2. The molecule has 0 bridgehead atoms. The van der Waals surface area contributed by atoms with Crippen LogP contribution in [0.25, 0.3) is 0 Å². The van der Waals surface area contributed by atoms with E-state index in [0.29, 0.717) is 11.4 Å². The number of nitrogens with one attached hydrogen (secondary N) is 1. The highest BCUT2D eigenvalue weighted by Gasteiger charge is 2.10. The van der Waals surface area contributed by atoms with Gasteiger partial charge in [0.05, 0.1) is 19.0 Å². The second-order valence-electron chi connectivity index (χ2n) is 4.52. The molecule has 20 heavy (non-hydrogen) atoms. The fourth-order valence-corrected chi connectivity index (χ4v) is 2.70. The van der Waals surface area contributed by atoms with Crippen LogP contribution in [0.3, 0.4) is 0 Å². The SMILES string of the molecule is O=C(CSc1ccccc1F)NCCN1CCOCC1. The minimum Gasteiger partial charge on any atom is -0.379 e. The molecule has 0 aromatic heterocycles. The van der Waals surface area contributed by atoms with E-state index in [1.807, 2.05) is 0 Å². The van der Waals surface area contributed by atoms with Crippen molar-refractivity contribution < 1.29 is 13.9 Å². The Kier molecular flexibility index (Phi) is 6.29. The molecule has 1 N–H and O–H groups in total. The number of amides is 1. The summed E-state index contributed by atoms with van der Waals surface area (Å²) >= 11 is 1.22. The van der Waals surface area contributed by atoms with Gasteiger partial charge in [-0.1, -0.05) is 12.1 Å². The first-order valence-electron chi connectivity index (χ1n) is 6.70. The molecule has 1 fully saturated rings. The van der Waals surface area contributed by atoms with Crippen molar-refractivity contribution in [3.05, 3.63) is 30.1 Å². The largest absolute Gasteiger partial charge is 0.379 e. The lowest BCUT2D eigenvalue weighted by Crippen LogP contribution is -2.41. The predicted molar refractivity (Wildman–Crippen MR) is 77.4 cm³/mol. The van der Waals surface area contributed by atoms with Gasteiger partial charge in [-0.05, 0) is 12.1 Å². The Hall–Kier alpha value is -1.11. The minimum absolute atomic E-state index is 0.0634. The molecule has 1 aromatic rings. The van der Waals surface area contributed by atoms with E-state index in [1.165, 1.54) is 17.8 Å². The van der Waals surface area contributed by atoms with Crippen LogP contribution in [0.4, 0.5) is 4.39 Å². The van der Waals surface area contributed by atoms with Gasteiger partial charge in [0.2, 0.25) is 5.91 Å². The lowest BCUT2D eigenvalue weighted by atomic mass is 10.3. The maximum atomic E-state index is 13.4. The first-order chi connectivity index (χ1) is 9.75. The van der Waals surface area contributed by atoms with Crippen LogP contribution in [0.15, 0.2) is 29.2 Å². The summed E-state index contributed by atoms with van der Waals surface area (Å²) in [6.07, 6.45) is 0. The first-order valence-corrected chi connectivity index (χ1v) is 7.68. The van der Waals surface area contributed by atoms with Gasteiger partial charge in [0.25, 0.3) is 0 Å². The molecule has 0 aliphatic carbocycles. The summed E-state index contributed by atoms with van der Waals surface area (Å²) in [4.78, 5) is 14.4. The van der Waals surface area contributed by atoms with Crippen molar-refractivity contribution in [1.29, 1.82) is 0 Å². The summed E-state index contributed by atoms with van der Waals surface area (Å²) in [5.41, 5.74) is 0. The molecule has 0 atom stereocenters. The Balaban J connectivity index is 1.62. The highest BCUT2D eigenvalue weighted by molar-refractivity contribution is 8.00. The lowest BCUT2D eigenvalue weighted by molar-refractivity contribution is -0.118. The molecule has 1 saturated heterocycles. The second kappa shape index (κ2) is 8.24. The van der Waals surface area contributed by atoms with Gasteiger partial charge in [0.1, 0.15) is 5.82 Å². The molecule has 1 aliphatic rings. The van der Waals surface area contributed by atoms with Crippen LogP contribution in [0.5, 0.6) is 0 Å². The summed E-state index contributed by atoms with van der Waals surface area (Å²) in [5, 5.41) is 2.85. The van der Waals surface area contributed by atoms with Crippen molar-refractivity contribution >= 4 is 17.7 Å². The van der Waals surface area contributed by atoms with Crippen LogP contribution < -0.4 is 5.32 Å². The first kappa shape index (κ1) is 15.3. The van der Waals surface area contributed by atoms with E-state index in [2.05, 4.69) is 10.2 Å². The van der Waals surface area contributed by atoms with Gasteiger partial charge in [0, 0.05) is 31.1 Å². The molecular formula is C14H19FN2O2S. The third kappa shape index (κ3) is 5.11. The molecule has 1 heterocycles. The molecule has 1 aliphatic heterocycles. The van der Waals surface area contributed by atoms with Crippen molar-refractivity contribution in [2.75, 3.05) is 45.1 Å². The Morgan fingerprint density at radius 3 is 2.85 bits per heavy atom. The molecule has 1 aromatic carbocycles. The number of carbonyl (C=O) groups excluding carboxylic acids is 1. The maximum Gasteiger partial charge on any atom is 0.230 e. The van der Waals surface area contributed by atoms with Crippen molar-refractivity contribution in [3.63, 3.8) is 0 Å². The fourth-order valence-electron chi connectivity index (χ4n) is 1.93. The zero-order valence-electron chi connectivity index (χ0n) is 11.3. The molecule has 0 spiro atoms. The molecule has 0 unspecified atom stereocenters. The maximum absolute atomic E-state index is 13.4. The number of rotatable bonds is 6. The van der Waals surface area contributed by atoms with Crippen LogP contribution >= 0.6 is 11.8 Å². The fraction of sp³-hybridized carbons (Fsp3) is 0.500. The summed E-state index contributed by atoms with van der Waals surface area (Å²) in [7, 11) is 0. The average Bonchev–Trinajstić information content (AvgIpc) is 2.47. The van der Waals surface area contributed by atoms with Crippen molar-refractivity contribution in [2.45, 2.75) is 4.90 Å². The van der Waals surface area contributed by atoms with Gasteiger partial charge < -0.3 is 10.1 Å². The van der Waals surface area contributed by atoms with Crippen LogP contribution in [0, 0.1) is 5.82 Å². The number of carbonyl (C=O) groups is 1. The molecule has 1 amide bonds. The highest BCUT2D eigenvalue weighted by atomic mass is 32.2. The Morgan fingerprint density at radius 1 is 1.35 bits per heavy atom. The van der Waals surface area contributed by atoms with Crippen molar-refractivity contribution in [1.82, 2.24) is 10.2 Å². The lowest BCUT2D eigenvalue weighted by Gasteiger charge is -2.26. The summed E-state index contributed by atoms with van der Waals surface area (Å²) < 4.78 is 18.6. The number of hydrogen-bond acceptors (Lipinski definition) is 4. The number of ether oxygens (including phenoxy) is 1. The van der Waals surface area contributed by atoms with Gasteiger partial charge in [0.15, 0.2) is 0 Å². The Bertz CT molecular complexity index is 439. The van der Waals surface area contributed by atoms with Crippen LogP contribution in [0.1, 0.15) is 0 Å². The molecule has 110 valence electrons. The molecule has 2 rings (SSSR count). The number of thioether (sulfide) groups is 1. The van der Waals surface area contributed by atoms with Gasteiger partial charge in [-0.3, -0.25) is 9.69 Å². The smallest absolute Gasteiger partial charge is 0.230 e. The third-order valence-electron chi connectivity index (χ3n) is 3.05. The number of benzene rings is 1. The van der Waals surface area contributed by atoms with E-state index < -0.39 is 0 Å². The topological polar surface area (TPSA) is 41.6 Å². The predicted octanol–water partition coefficient (Wildman–Crippen LogP) is 1.37. The monoisotopic (exact) mass is 298 g/mol. The number of hydrogen-bond donors (Lipinski definition) is 1. The minimum atomic E-state index is -0.279. The van der Waals surface area contributed by atoms with E-state index in [1.54, 1.807) is 18.2 Å². The molecule has 0 radical (unpaired) electrons. The summed E-state index contributed by atoms with van der Waals surface area (Å²) in [6.45, 7) is 4.81. The van der Waals surface area contributed by atoms with Crippen LogP contribution in [-0.2, 0) is 9.53 Å². The summed E-state index contributed by atoms with van der Waals surface area (Å²) in [6, 6.07) is 6.49. The summed E-state index contributed by atoms with van der Waals surface area (Å²) in [5.74, 6) is -0.102. The quantitative estimate of drug-likeness (QED) is 0.805. The number of halogens is 1. The third-order valence-corrected chi connectivity index (χ3v) is 4.10. The Morgan fingerprint density at radius 2 is 2.10 bits per heavy atom. The molecule has 0 saturated carbocycles. The molecule has 4 nitrogen and oxygen atoms in total. The molecular weight excluding hydrogens is 279 g/mol. The molecule has 6 heteroatoms. The van der Waals surface area contributed by atoms with E-state index in [-0.39, 0.29) is 17.5 Å². The number of morpholine rings is 1. The zero-order valence-corrected chi connectivity index (χ0v) is 12.1. The van der Waals surface area contributed by atoms with Crippen LogP contribution in [-0.4, -0.2) is 56.0 Å². The highest BCUT2D eigenvalue weighted by Crippen LogP contribution is 2.20. The van der Waals surface area contributed by atoms with E-state index in [9.17, 15) is 9.18 Å². The van der Waals surface area contributed by atoms with Gasteiger partial charge in [-0.2, -0.15) is 0 Å². The van der Waals surface area contributed by atoms with Crippen LogP contribution in [0.2, 0.25) is 0 Å². The van der Waals surface area contributed by atoms with E-state index in [4.69, 9.17) is 4.74 Å². The van der Waals surface area contributed by atoms with E-state index >= 15 is 0 Å². The van der Waals surface area contributed by atoms with Crippen molar-refractivity contribution in [2.24, 2.45) is 0 Å². The normalized spacial score (nSPS) is 16.1. The average molecular weight is 298 g/mol. The van der Waals surface area contributed by atoms with Gasteiger partial charge >= 0.3 is 0 Å². The number of nitrogens with zero attached hydrogens (tertiary/aromatic N) is 1. The Labute approximate surface area is 122 Å². The standard InChI is InChI=1S/C14H19FN2O2S/c15-12-3-1-2-4-13(12)20-11-14(18)16-5-6-17-7-9-19-10-8-17/h1-4H,5-11H2,(H,16,18). The van der Waals surface area contributed by atoms with Gasteiger partial charge in [-0.15, -0.1) is 11.8 Å².